The minimum atomic E-state index is 0.830. The molecule has 0 aliphatic carbocycles. The topological polar surface area (TPSA) is 20.3 Å². The van der Waals surface area contributed by atoms with E-state index >= 15 is 0 Å². The van der Waals surface area contributed by atoms with Gasteiger partial charge in [0.25, 0.3) is 5.52 Å². The number of nitrogens with zero attached hydrogens (tertiary/aromatic N) is 3. The molecule has 1 aliphatic rings. The average Bonchev–Trinajstić information content (AvgIpc) is 3.09. The zero-order chi connectivity index (χ0) is 22.6. The van der Waals surface area contributed by atoms with Gasteiger partial charge in [-0.3, -0.25) is 0 Å². The van der Waals surface area contributed by atoms with E-state index in [9.17, 15) is 0 Å². The molecular formula is C28H33N3O+2. The van der Waals surface area contributed by atoms with Gasteiger partial charge in [-0.05, 0) is 23.8 Å². The molecule has 0 bridgehead atoms. The summed E-state index contributed by atoms with van der Waals surface area (Å²) < 4.78 is 8.97. The molecule has 4 heteroatoms. The molecule has 0 unspecified atom stereocenters. The molecule has 2 heterocycles. The van der Waals surface area contributed by atoms with E-state index in [2.05, 4.69) is 85.4 Å². The summed E-state index contributed by atoms with van der Waals surface area (Å²) >= 11 is 0. The molecule has 0 saturated heterocycles. The van der Waals surface area contributed by atoms with Crippen molar-refractivity contribution in [2.75, 3.05) is 39.1 Å². The summed E-state index contributed by atoms with van der Waals surface area (Å²) in [5.74, 6) is 0.830. The number of hydrogen-bond donors (Lipinski definition) is 0. The van der Waals surface area contributed by atoms with Gasteiger partial charge in [0.15, 0.2) is 0 Å². The van der Waals surface area contributed by atoms with Crippen LogP contribution in [0.4, 0.5) is 5.69 Å². The van der Waals surface area contributed by atoms with Crippen LogP contribution in [-0.4, -0.2) is 38.7 Å². The molecule has 3 aromatic rings. The molecule has 0 amide bonds. The summed E-state index contributed by atoms with van der Waals surface area (Å²) in [6, 6.07) is 16.7. The number of aromatic nitrogens is 1. The van der Waals surface area contributed by atoms with Gasteiger partial charge < -0.3 is 13.8 Å². The van der Waals surface area contributed by atoms with Crippen LogP contribution in [0.2, 0.25) is 0 Å². The SMILES string of the molecule is C[n+]1c(/C=C/C=C/C=C2/C=CN(CCC[N+](C)(C)C)c3ccccc32)oc2ccccc21. The maximum absolute atomic E-state index is 5.92. The Kier molecular flexibility index (Phi) is 6.42. The van der Waals surface area contributed by atoms with E-state index in [1.165, 1.54) is 16.8 Å². The van der Waals surface area contributed by atoms with Crippen molar-refractivity contribution >= 4 is 28.4 Å². The first-order valence-electron chi connectivity index (χ1n) is 11.2. The molecule has 0 saturated carbocycles. The van der Waals surface area contributed by atoms with Gasteiger partial charge >= 0.3 is 5.89 Å². The quantitative estimate of drug-likeness (QED) is 0.288. The summed E-state index contributed by atoms with van der Waals surface area (Å²) in [7, 11) is 8.76. The normalized spacial score (nSPS) is 15.5. The van der Waals surface area contributed by atoms with E-state index in [4.69, 9.17) is 4.42 Å². The number of fused-ring (bicyclic) bond motifs is 2. The third-order valence-electron chi connectivity index (χ3n) is 5.69. The van der Waals surface area contributed by atoms with Gasteiger partial charge in [-0.25, -0.2) is 0 Å². The summed E-state index contributed by atoms with van der Waals surface area (Å²) in [6.07, 6.45) is 15.9. The number of aryl methyl sites for hydroxylation is 1. The minimum Gasteiger partial charge on any atom is -0.398 e. The molecule has 4 nitrogen and oxygen atoms in total. The second-order valence-electron chi connectivity index (χ2n) is 9.23. The van der Waals surface area contributed by atoms with Crippen LogP contribution in [-0.2, 0) is 7.05 Å². The molecule has 0 N–H and O–H groups in total. The number of anilines is 1. The Bertz CT molecular complexity index is 1200. The summed E-state index contributed by atoms with van der Waals surface area (Å²) in [5, 5.41) is 0. The van der Waals surface area contributed by atoms with Crippen LogP contribution in [0.1, 0.15) is 17.9 Å². The highest BCUT2D eigenvalue weighted by molar-refractivity contribution is 5.86. The first kappa shape index (κ1) is 21.8. The Hall–Kier alpha value is -3.37. The summed E-state index contributed by atoms with van der Waals surface area (Å²) in [4.78, 5) is 2.37. The molecule has 4 rings (SSSR count). The van der Waals surface area contributed by atoms with Crippen molar-refractivity contribution in [2.45, 2.75) is 6.42 Å². The zero-order valence-electron chi connectivity index (χ0n) is 19.5. The van der Waals surface area contributed by atoms with Gasteiger partial charge in [0.1, 0.15) is 7.05 Å². The second-order valence-corrected chi connectivity index (χ2v) is 9.23. The lowest BCUT2D eigenvalue weighted by Crippen LogP contribution is -2.37. The van der Waals surface area contributed by atoms with Crippen molar-refractivity contribution in [2.24, 2.45) is 7.05 Å². The lowest BCUT2D eigenvalue weighted by molar-refractivity contribution is -0.870. The average molecular weight is 428 g/mol. The number of benzene rings is 2. The highest BCUT2D eigenvalue weighted by Crippen LogP contribution is 2.32. The van der Waals surface area contributed by atoms with Crippen LogP contribution in [0.25, 0.3) is 22.7 Å². The fourth-order valence-electron chi connectivity index (χ4n) is 3.99. The Morgan fingerprint density at radius 1 is 0.969 bits per heavy atom. The molecule has 0 atom stereocenters. The van der Waals surface area contributed by atoms with Crippen LogP contribution >= 0.6 is 0 Å². The molecule has 0 fully saturated rings. The highest BCUT2D eigenvalue weighted by Gasteiger charge is 2.17. The molecular weight excluding hydrogens is 394 g/mol. The van der Waals surface area contributed by atoms with Gasteiger partial charge in [-0.2, -0.15) is 4.57 Å². The highest BCUT2D eigenvalue weighted by atomic mass is 16.3. The van der Waals surface area contributed by atoms with Crippen LogP contribution in [0.15, 0.2) is 89.5 Å². The van der Waals surface area contributed by atoms with Crippen LogP contribution < -0.4 is 9.47 Å². The number of quaternary nitrogens is 1. The van der Waals surface area contributed by atoms with Gasteiger partial charge in [0, 0.05) is 36.5 Å². The summed E-state index contributed by atoms with van der Waals surface area (Å²) in [6.45, 7) is 2.19. The van der Waals surface area contributed by atoms with Crippen molar-refractivity contribution in [3.63, 3.8) is 0 Å². The monoisotopic (exact) mass is 427 g/mol. The van der Waals surface area contributed by atoms with Crippen molar-refractivity contribution in [1.82, 2.24) is 0 Å². The van der Waals surface area contributed by atoms with Crippen molar-refractivity contribution < 1.29 is 13.5 Å². The smallest absolute Gasteiger partial charge is 0.373 e. The molecule has 2 aromatic carbocycles. The van der Waals surface area contributed by atoms with E-state index in [0.29, 0.717) is 0 Å². The largest absolute Gasteiger partial charge is 0.398 e. The van der Waals surface area contributed by atoms with Crippen molar-refractivity contribution in [3.8, 4) is 0 Å². The van der Waals surface area contributed by atoms with Gasteiger partial charge in [0.2, 0.25) is 5.58 Å². The van der Waals surface area contributed by atoms with E-state index in [0.717, 1.165) is 41.0 Å². The van der Waals surface area contributed by atoms with Gasteiger partial charge in [-0.15, -0.1) is 0 Å². The predicted octanol–water partition coefficient (Wildman–Crippen LogP) is 5.34. The fourth-order valence-corrected chi connectivity index (χ4v) is 3.99. The molecule has 0 spiro atoms. The van der Waals surface area contributed by atoms with Gasteiger partial charge in [0.05, 0.1) is 33.8 Å². The van der Waals surface area contributed by atoms with E-state index in [1.54, 1.807) is 0 Å². The van der Waals surface area contributed by atoms with E-state index in [1.807, 2.05) is 43.5 Å². The number of hydrogen-bond acceptors (Lipinski definition) is 2. The van der Waals surface area contributed by atoms with Crippen LogP contribution in [0.5, 0.6) is 0 Å². The first-order chi connectivity index (χ1) is 15.4. The van der Waals surface area contributed by atoms with Crippen molar-refractivity contribution in [3.05, 3.63) is 96.6 Å². The third kappa shape index (κ3) is 5.09. The van der Waals surface area contributed by atoms with Crippen LogP contribution in [0, 0.1) is 0 Å². The molecule has 32 heavy (non-hydrogen) atoms. The Morgan fingerprint density at radius 2 is 1.75 bits per heavy atom. The molecule has 1 aromatic heterocycles. The second kappa shape index (κ2) is 9.41. The third-order valence-corrected chi connectivity index (χ3v) is 5.69. The van der Waals surface area contributed by atoms with E-state index in [-0.39, 0.29) is 0 Å². The standard InChI is InChI=1S/C28H33N3O/c1-29-26-16-10-11-17-27(26)32-28(29)18-7-5-6-13-23-19-21-30(20-12-22-31(2,3)4)25-15-9-8-14-24(23)25/h5-11,13-19,21H,12,20,22H2,1-4H3/q+2. The van der Waals surface area contributed by atoms with E-state index < -0.39 is 0 Å². The number of rotatable bonds is 7. The predicted molar refractivity (Wildman–Crippen MR) is 134 cm³/mol. The van der Waals surface area contributed by atoms with Crippen molar-refractivity contribution in [1.29, 1.82) is 0 Å². The molecule has 0 radical (unpaired) electrons. The Morgan fingerprint density at radius 3 is 2.56 bits per heavy atom. The lowest BCUT2D eigenvalue weighted by atomic mass is 9.99. The minimum absolute atomic E-state index is 0.830. The molecule has 1 aliphatic heterocycles. The lowest BCUT2D eigenvalue weighted by Gasteiger charge is -2.29. The maximum atomic E-state index is 5.92. The first-order valence-corrected chi connectivity index (χ1v) is 11.2. The zero-order valence-corrected chi connectivity index (χ0v) is 19.5. The van der Waals surface area contributed by atoms with Crippen LogP contribution in [0.3, 0.4) is 0 Å². The fraction of sp³-hybridized carbons (Fsp3) is 0.250. The number of para-hydroxylation sites is 3. The maximum Gasteiger partial charge on any atom is 0.373 e. The van der Waals surface area contributed by atoms with Gasteiger partial charge in [-0.1, -0.05) is 54.6 Å². The number of allylic oxidation sites excluding steroid dienone is 6. The summed E-state index contributed by atoms with van der Waals surface area (Å²) in [5.41, 5.74) is 5.77. The Balaban J connectivity index is 1.46. The number of oxazole rings is 1. The molecule has 164 valence electrons. The Labute approximate surface area is 191 Å².